The van der Waals surface area contributed by atoms with Gasteiger partial charge in [-0.2, -0.15) is 34.7 Å². The molecule has 1 aromatic heterocycles. The van der Waals surface area contributed by atoms with E-state index in [9.17, 15) is 43.9 Å². The second-order valence-electron chi connectivity index (χ2n) is 7.35. The lowest BCUT2D eigenvalue weighted by Gasteiger charge is -2.29. The van der Waals surface area contributed by atoms with Gasteiger partial charge in [0.25, 0.3) is 5.91 Å². The van der Waals surface area contributed by atoms with Gasteiger partial charge in [0.1, 0.15) is 29.0 Å². The first-order valence-electron chi connectivity index (χ1n) is 9.76. The first-order chi connectivity index (χ1) is 16.6. The summed E-state index contributed by atoms with van der Waals surface area (Å²) in [7, 11) is -4.19. The van der Waals surface area contributed by atoms with Crippen LogP contribution in [0.1, 0.15) is 22.3 Å². The van der Waals surface area contributed by atoms with Crippen LogP contribution in [0.25, 0.3) is 0 Å². The minimum atomic E-state index is -5.85. The maximum atomic E-state index is 14.4. The van der Waals surface area contributed by atoms with Crippen molar-refractivity contribution in [3.63, 3.8) is 0 Å². The number of nitrogens with zero attached hydrogens (tertiary/aromatic N) is 2. The van der Waals surface area contributed by atoms with Gasteiger partial charge in [-0.05, 0) is 18.6 Å². The highest BCUT2D eigenvalue weighted by atomic mass is 35.5. The predicted molar refractivity (Wildman–Crippen MR) is 109 cm³/mol. The van der Waals surface area contributed by atoms with E-state index >= 15 is 0 Å². The molecular formula is C19H15ClF7N3O5S. The van der Waals surface area contributed by atoms with Crippen molar-refractivity contribution in [1.82, 2.24) is 14.0 Å². The SMILES string of the molecule is O=C(NS(=O)(=O)N1CCC1)c1cc(F)c(COc2cnc(OCC(F)(F)C(F)(F)F)c(Cl)c2)cc1F. The summed E-state index contributed by atoms with van der Waals surface area (Å²) in [5.41, 5.74) is -1.28. The Hall–Kier alpha value is -2.85. The van der Waals surface area contributed by atoms with E-state index in [2.05, 4.69) is 9.72 Å². The molecule has 1 amide bonds. The van der Waals surface area contributed by atoms with Crippen molar-refractivity contribution in [3.05, 3.63) is 52.2 Å². The van der Waals surface area contributed by atoms with E-state index in [0.29, 0.717) is 18.6 Å². The Kier molecular flexibility index (Phi) is 7.90. The number of nitrogens with one attached hydrogen (secondary N) is 1. The molecule has 1 N–H and O–H groups in total. The summed E-state index contributed by atoms with van der Waals surface area (Å²) in [5, 5.41) is -0.507. The highest BCUT2D eigenvalue weighted by Crippen LogP contribution is 2.36. The zero-order valence-electron chi connectivity index (χ0n) is 17.7. The third-order valence-electron chi connectivity index (χ3n) is 4.74. The van der Waals surface area contributed by atoms with Gasteiger partial charge in [0.2, 0.25) is 5.88 Å². The van der Waals surface area contributed by atoms with Crippen LogP contribution in [-0.2, 0) is 16.8 Å². The third kappa shape index (κ3) is 6.28. The second-order valence-corrected chi connectivity index (χ2v) is 9.43. The molecule has 1 fully saturated rings. The Labute approximate surface area is 204 Å². The second kappa shape index (κ2) is 10.3. The van der Waals surface area contributed by atoms with Crippen LogP contribution in [0.3, 0.4) is 0 Å². The monoisotopic (exact) mass is 565 g/mol. The van der Waals surface area contributed by atoms with Crippen molar-refractivity contribution in [2.45, 2.75) is 25.1 Å². The normalized spacial score (nSPS) is 14.8. The molecule has 3 rings (SSSR count). The summed E-state index contributed by atoms with van der Waals surface area (Å²) >= 11 is 5.73. The average Bonchev–Trinajstić information content (AvgIpc) is 2.70. The van der Waals surface area contributed by atoms with Gasteiger partial charge in [-0.15, -0.1) is 0 Å². The Morgan fingerprint density at radius 2 is 1.75 bits per heavy atom. The predicted octanol–water partition coefficient (Wildman–Crippen LogP) is 3.85. The van der Waals surface area contributed by atoms with Crippen molar-refractivity contribution in [1.29, 1.82) is 0 Å². The average molecular weight is 566 g/mol. The molecule has 17 heteroatoms. The molecule has 198 valence electrons. The molecule has 1 saturated heterocycles. The molecule has 1 aromatic carbocycles. The lowest BCUT2D eigenvalue weighted by Crippen LogP contribution is -2.49. The molecule has 1 aliphatic heterocycles. The molecule has 0 aliphatic carbocycles. The molecule has 0 spiro atoms. The summed E-state index contributed by atoms with van der Waals surface area (Å²) in [6, 6.07) is 1.98. The number of hydrogen-bond donors (Lipinski definition) is 1. The number of ether oxygens (including phenoxy) is 2. The van der Waals surface area contributed by atoms with E-state index in [1.54, 1.807) is 4.72 Å². The van der Waals surface area contributed by atoms with Crippen molar-refractivity contribution < 1.29 is 53.4 Å². The van der Waals surface area contributed by atoms with Gasteiger partial charge in [-0.3, -0.25) is 4.79 Å². The van der Waals surface area contributed by atoms with Crippen LogP contribution in [0.15, 0.2) is 24.4 Å². The van der Waals surface area contributed by atoms with Gasteiger partial charge < -0.3 is 9.47 Å². The van der Waals surface area contributed by atoms with Crippen LogP contribution in [0.2, 0.25) is 5.02 Å². The fourth-order valence-electron chi connectivity index (χ4n) is 2.63. The third-order valence-corrected chi connectivity index (χ3v) is 6.50. The van der Waals surface area contributed by atoms with Crippen molar-refractivity contribution in [2.24, 2.45) is 0 Å². The van der Waals surface area contributed by atoms with Gasteiger partial charge in [-0.1, -0.05) is 11.6 Å². The molecular weight excluding hydrogens is 551 g/mol. The topological polar surface area (TPSA) is 97.8 Å². The summed E-state index contributed by atoms with van der Waals surface area (Å²) in [5.74, 6) is -9.89. The van der Waals surface area contributed by atoms with Gasteiger partial charge >= 0.3 is 22.3 Å². The zero-order chi connectivity index (χ0) is 26.9. The number of carbonyl (C=O) groups excluding carboxylic acids is 1. The molecule has 36 heavy (non-hydrogen) atoms. The van der Waals surface area contributed by atoms with Gasteiger partial charge in [-0.25, -0.2) is 18.5 Å². The maximum Gasteiger partial charge on any atom is 0.456 e. The molecule has 1 aliphatic rings. The van der Waals surface area contributed by atoms with Crippen LogP contribution < -0.4 is 14.2 Å². The highest BCUT2D eigenvalue weighted by Gasteiger charge is 2.58. The Balaban J connectivity index is 1.64. The summed E-state index contributed by atoms with van der Waals surface area (Å²) in [6.07, 6.45) is -4.43. The van der Waals surface area contributed by atoms with E-state index in [4.69, 9.17) is 16.3 Å². The number of aromatic nitrogens is 1. The molecule has 0 atom stereocenters. The van der Waals surface area contributed by atoms with E-state index in [1.807, 2.05) is 0 Å². The lowest BCUT2D eigenvalue weighted by atomic mass is 10.1. The first-order valence-corrected chi connectivity index (χ1v) is 11.6. The molecule has 2 aromatic rings. The van der Waals surface area contributed by atoms with Crippen molar-refractivity contribution in [3.8, 4) is 11.6 Å². The Morgan fingerprint density at radius 1 is 1.08 bits per heavy atom. The minimum Gasteiger partial charge on any atom is -0.487 e. The number of benzene rings is 1. The van der Waals surface area contributed by atoms with E-state index < -0.39 is 75.1 Å². The first kappa shape index (κ1) is 27.7. The largest absolute Gasteiger partial charge is 0.487 e. The zero-order valence-corrected chi connectivity index (χ0v) is 19.3. The quantitative estimate of drug-likeness (QED) is 0.464. The fourth-order valence-corrected chi connectivity index (χ4v) is 4.05. The van der Waals surface area contributed by atoms with Gasteiger partial charge in [0, 0.05) is 24.7 Å². The summed E-state index contributed by atoms with van der Waals surface area (Å²) in [4.78, 5) is 15.6. The molecule has 2 heterocycles. The number of carbonyl (C=O) groups is 1. The minimum absolute atomic E-state index is 0.182. The summed E-state index contributed by atoms with van der Waals surface area (Å²) < 4.78 is 127. The Bertz CT molecular complexity index is 1260. The van der Waals surface area contributed by atoms with E-state index in [-0.39, 0.29) is 18.8 Å². The standard InChI is InChI=1S/C19H15ClF7N3O5S/c20-13-5-11(7-28-17(13)35-9-18(23,24)19(25,26)27)34-8-10-4-15(22)12(6-14(10)21)16(31)29-36(32,33)30-2-1-3-30/h4-7H,1-3,8-9H2,(H,29,31). The smallest absolute Gasteiger partial charge is 0.456 e. The molecule has 0 unspecified atom stereocenters. The lowest BCUT2D eigenvalue weighted by molar-refractivity contribution is -0.290. The van der Waals surface area contributed by atoms with Crippen LogP contribution in [0.5, 0.6) is 11.6 Å². The molecule has 0 radical (unpaired) electrons. The maximum absolute atomic E-state index is 14.4. The number of alkyl halides is 5. The number of amides is 1. The van der Waals surface area contributed by atoms with E-state index in [1.165, 1.54) is 0 Å². The van der Waals surface area contributed by atoms with Crippen LogP contribution in [0, 0.1) is 11.6 Å². The van der Waals surface area contributed by atoms with Gasteiger partial charge in [0.15, 0.2) is 6.61 Å². The number of rotatable bonds is 9. The highest BCUT2D eigenvalue weighted by molar-refractivity contribution is 7.87. The molecule has 0 bridgehead atoms. The number of halogens is 8. The molecule has 0 saturated carbocycles. The van der Waals surface area contributed by atoms with Crippen LogP contribution >= 0.6 is 11.6 Å². The Morgan fingerprint density at radius 3 is 2.31 bits per heavy atom. The van der Waals surface area contributed by atoms with Crippen LogP contribution in [-0.4, -0.2) is 55.4 Å². The van der Waals surface area contributed by atoms with Crippen molar-refractivity contribution >= 4 is 27.7 Å². The van der Waals surface area contributed by atoms with Gasteiger partial charge in [0.05, 0.1) is 11.8 Å². The summed E-state index contributed by atoms with van der Waals surface area (Å²) in [6.45, 7) is -2.36. The fraction of sp³-hybridized carbons (Fsp3) is 0.368. The number of pyridine rings is 1. The van der Waals surface area contributed by atoms with E-state index in [0.717, 1.165) is 16.6 Å². The molecule has 8 nitrogen and oxygen atoms in total. The van der Waals surface area contributed by atoms with Crippen molar-refractivity contribution in [2.75, 3.05) is 19.7 Å². The number of hydrogen-bond acceptors (Lipinski definition) is 6. The van der Waals surface area contributed by atoms with Crippen LogP contribution in [0.4, 0.5) is 30.7 Å².